The molecule has 1 aromatic heterocycles. The Bertz CT molecular complexity index is 286. The summed E-state index contributed by atoms with van der Waals surface area (Å²) in [6, 6.07) is 4.00. The van der Waals surface area contributed by atoms with Crippen LogP contribution < -0.4 is 0 Å². The van der Waals surface area contributed by atoms with Crippen molar-refractivity contribution in [1.82, 2.24) is 0 Å². The predicted octanol–water partition coefficient (Wildman–Crippen LogP) is 3.14. The fourth-order valence-corrected chi connectivity index (χ4v) is 1.34. The number of rotatable bonds is 6. The minimum atomic E-state index is 0.219. The van der Waals surface area contributed by atoms with Crippen LogP contribution in [0.15, 0.2) is 16.5 Å². The van der Waals surface area contributed by atoms with Crippen LogP contribution in [0.1, 0.15) is 44.6 Å². The molecule has 0 bridgehead atoms. The second kappa shape index (κ2) is 5.63. The summed E-state index contributed by atoms with van der Waals surface area (Å²) in [5, 5.41) is 0. The molecule has 0 N–H and O–H groups in total. The van der Waals surface area contributed by atoms with Gasteiger partial charge in [-0.15, -0.1) is 0 Å². The lowest BCUT2D eigenvalue weighted by molar-refractivity contribution is -0.117. The highest BCUT2D eigenvalue weighted by Crippen LogP contribution is 2.12. The Balaban J connectivity index is 2.38. The molecule has 0 radical (unpaired) electrons. The Morgan fingerprint density at radius 2 is 1.93 bits per heavy atom. The number of aryl methyl sites for hydroxylation is 2. The summed E-state index contributed by atoms with van der Waals surface area (Å²) in [6.45, 7) is 3.78. The Labute approximate surface area is 85.3 Å². The van der Waals surface area contributed by atoms with Crippen molar-refractivity contribution >= 4 is 5.78 Å². The van der Waals surface area contributed by atoms with E-state index in [1.54, 1.807) is 6.92 Å². The Hall–Kier alpha value is -1.05. The summed E-state index contributed by atoms with van der Waals surface area (Å²) < 4.78 is 5.58. The molecule has 0 aromatic carbocycles. The number of hydrogen-bond acceptors (Lipinski definition) is 2. The second-order valence-corrected chi connectivity index (χ2v) is 3.67. The quantitative estimate of drug-likeness (QED) is 0.696. The zero-order valence-electron chi connectivity index (χ0n) is 9.01. The van der Waals surface area contributed by atoms with Crippen molar-refractivity contribution in [1.29, 1.82) is 0 Å². The number of carbonyl (C=O) groups is 1. The molecule has 0 aliphatic rings. The Morgan fingerprint density at radius 3 is 2.50 bits per heavy atom. The van der Waals surface area contributed by atoms with E-state index < -0.39 is 0 Å². The molecule has 1 rings (SSSR count). The lowest BCUT2D eigenvalue weighted by Gasteiger charge is -1.95. The van der Waals surface area contributed by atoms with Crippen LogP contribution in [0.3, 0.4) is 0 Å². The first-order chi connectivity index (χ1) is 6.72. The molecule has 1 aromatic rings. The first-order valence-corrected chi connectivity index (χ1v) is 5.29. The van der Waals surface area contributed by atoms with Crippen LogP contribution in [0.2, 0.25) is 0 Å². The lowest BCUT2D eigenvalue weighted by atomic mass is 10.2. The van der Waals surface area contributed by atoms with E-state index in [4.69, 9.17) is 4.42 Å². The van der Waals surface area contributed by atoms with E-state index in [0.717, 1.165) is 24.4 Å². The smallest absolute Gasteiger partial charge is 0.130 e. The molecule has 0 aliphatic carbocycles. The van der Waals surface area contributed by atoms with Gasteiger partial charge in [-0.3, -0.25) is 0 Å². The highest BCUT2D eigenvalue weighted by Gasteiger charge is 2.02. The molecule has 0 aliphatic heterocycles. The van der Waals surface area contributed by atoms with Gasteiger partial charge in [0.25, 0.3) is 0 Å². The second-order valence-electron chi connectivity index (χ2n) is 3.67. The minimum Gasteiger partial charge on any atom is -0.466 e. The van der Waals surface area contributed by atoms with Crippen LogP contribution in [-0.4, -0.2) is 5.78 Å². The first kappa shape index (κ1) is 11.0. The number of unbranched alkanes of at least 4 members (excludes halogenated alkanes) is 1. The number of ketones is 1. The van der Waals surface area contributed by atoms with E-state index >= 15 is 0 Å². The average Bonchev–Trinajstić information content (AvgIpc) is 2.59. The van der Waals surface area contributed by atoms with Crippen LogP contribution >= 0.6 is 0 Å². The normalized spacial score (nSPS) is 10.4. The van der Waals surface area contributed by atoms with Crippen molar-refractivity contribution in [2.45, 2.75) is 46.0 Å². The molecule has 0 fully saturated rings. The summed E-state index contributed by atoms with van der Waals surface area (Å²) in [5.74, 6) is 2.20. The van der Waals surface area contributed by atoms with Gasteiger partial charge in [0.05, 0.1) is 0 Å². The molecular weight excluding hydrogens is 176 g/mol. The van der Waals surface area contributed by atoms with Gasteiger partial charge in [-0.2, -0.15) is 0 Å². The predicted molar refractivity (Wildman–Crippen MR) is 56.3 cm³/mol. The van der Waals surface area contributed by atoms with Gasteiger partial charge in [-0.05, 0) is 25.5 Å². The van der Waals surface area contributed by atoms with Crippen LogP contribution in [0.25, 0.3) is 0 Å². The molecule has 2 heteroatoms. The first-order valence-electron chi connectivity index (χ1n) is 5.29. The van der Waals surface area contributed by atoms with Crippen molar-refractivity contribution in [2.24, 2.45) is 0 Å². The fourth-order valence-electron chi connectivity index (χ4n) is 1.34. The fraction of sp³-hybridized carbons (Fsp3) is 0.583. The van der Waals surface area contributed by atoms with E-state index in [-0.39, 0.29) is 5.78 Å². The SMILES string of the molecule is CCCCc1ccc(CCC(C)=O)o1. The average molecular weight is 194 g/mol. The van der Waals surface area contributed by atoms with Gasteiger partial charge in [0.15, 0.2) is 0 Å². The van der Waals surface area contributed by atoms with Crippen molar-refractivity contribution in [3.8, 4) is 0 Å². The summed E-state index contributed by atoms with van der Waals surface area (Å²) in [7, 11) is 0. The molecule has 0 spiro atoms. The van der Waals surface area contributed by atoms with E-state index in [0.29, 0.717) is 6.42 Å². The molecule has 0 saturated carbocycles. The summed E-state index contributed by atoms with van der Waals surface area (Å²) in [6.07, 6.45) is 4.68. The number of hydrogen-bond donors (Lipinski definition) is 0. The zero-order chi connectivity index (χ0) is 10.4. The van der Waals surface area contributed by atoms with E-state index in [1.807, 2.05) is 12.1 Å². The van der Waals surface area contributed by atoms with Gasteiger partial charge >= 0.3 is 0 Å². The van der Waals surface area contributed by atoms with Gasteiger partial charge in [0.2, 0.25) is 0 Å². The van der Waals surface area contributed by atoms with Crippen LogP contribution in [-0.2, 0) is 17.6 Å². The number of carbonyl (C=O) groups excluding carboxylic acids is 1. The largest absolute Gasteiger partial charge is 0.466 e. The van der Waals surface area contributed by atoms with E-state index in [1.165, 1.54) is 12.8 Å². The molecule has 0 atom stereocenters. The molecule has 14 heavy (non-hydrogen) atoms. The van der Waals surface area contributed by atoms with Crippen LogP contribution in [0.5, 0.6) is 0 Å². The highest BCUT2D eigenvalue weighted by molar-refractivity contribution is 5.75. The third-order valence-electron chi connectivity index (χ3n) is 2.22. The third-order valence-corrected chi connectivity index (χ3v) is 2.22. The summed E-state index contributed by atoms with van der Waals surface area (Å²) >= 11 is 0. The maximum Gasteiger partial charge on any atom is 0.130 e. The van der Waals surface area contributed by atoms with Crippen LogP contribution in [0.4, 0.5) is 0 Å². The molecule has 0 saturated heterocycles. The molecule has 0 amide bonds. The van der Waals surface area contributed by atoms with Crippen molar-refractivity contribution in [3.05, 3.63) is 23.7 Å². The van der Waals surface area contributed by atoms with Gasteiger partial charge in [0, 0.05) is 19.3 Å². The van der Waals surface area contributed by atoms with Gasteiger partial charge in [-0.25, -0.2) is 0 Å². The van der Waals surface area contributed by atoms with Crippen molar-refractivity contribution in [2.75, 3.05) is 0 Å². The Kier molecular flexibility index (Phi) is 4.44. The maximum atomic E-state index is 10.8. The van der Waals surface area contributed by atoms with E-state index in [2.05, 4.69) is 6.92 Å². The summed E-state index contributed by atoms with van der Waals surface area (Å²) in [5.41, 5.74) is 0. The van der Waals surface area contributed by atoms with Gasteiger partial charge in [-0.1, -0.05) is 13.3 Å². The van der Waals surface area contributed by atoms with E-state index in [9.17, 15) is 4.79 Å². The van der Waals surface area contributed by atoms with Crippen LogP contribution in [0, 0.1) is 0 Å². The zero-order valence-corrected chi connectivity index (χ0v) is 9.01. The van der Waals surface area contributed by atoms with Crippen molar-refractivity contribution in [3.63, 3.8) is 0 Å². The molecular formula is C12H18O2. The third kappa shape index (κ3) is 3.77. The van der Waals surface area contributed by atoms with Gasteiger partial charge < -0.3 is 9.21 Å². The number of Topliss-reactive ketones (excluding diaryl/α,β-unsaturated/α-hetero) is 1. The maximum absolute atomic E-state index is 10.8. The molecule has 0 unspecified atom stereocenters. The summed E-state index contributed by atoms with van der Waals surface area (Å²) in [4.78, 5) is 10.8. The topological polar surface area (TPSA) is 30.2 Å². The molecule has 78 valence electrons. The molecule has 1 heterocycles. The lowest BCUT2D eigenvalue weighted by Crippen LogP contribution is -1.92. The highest BCUT2D eigenvalue weighted by atomic mass is 16.3. The monoisotopic (exact) mass is 194 g/mol. The van der Waals surface area contributed by atoms with Crippen molar-refractivity contribution < 1.29 is 9.21 Å². The standard InChI is InChI=1S/C12H18O2/c1-3-4-5-11-8-9-12(14-11)7-6-10(2)13/h8-9H,3-7H2,1-2H3. The molecule has 2 nitrogen and oxygen atoms in total. The minimum absolute atomic E-state index is 0.219. The van der Waals surface area contributed by atoms with Gasteiger partial charge in [0.1, 0.15) is 17.3 Å². The Morgan fingerprint density at radius 1 is 1.29 bits per heavy atom. The number of furan rings is 1.